The molecule has 1 aromatic rings. The van der Waals surface area contributed by atoms with Gasteiger partial charge in [0, 0.05) is 6.07 Å². The van der Waals surface area contributed by atoms with Crippen LogP contribution in [0.4, 0.5) is 10.1 Å². The number of nitrogens with zero attached hydrogens (tertiary/aromatic N) is 2. The molecule has 0 heterocycles. The Labute approximate surface area is 97.2 Å². The van der Waals surface area contributed by atoms with E-state index in [0.29, 0.717) is 0 Å². The maximum Gasteiger partial charge on any atom is 0.362 e. The molecule has 0 atom stereocenters. The second-order valence-electron chi connectivity index (χ2n) is 3.11. The van der Waals surface area contributed by atoms with Crippen LogP contribution in [-0.4, -0.2) is 18.2 Å². The summed E-state index contributed by atoms with van der Waals surface area (Å²) in [5.74, 6) is -1.60. The molecule has 0 saturated carbocycles. The summed E-state index contributed by atoms with van der Waals surface area (Å²) in [4.78, 5) is 11.2. The van der Waals surface area contributed by atoms with E-state index in [4.69, 9.17) is 0 Å². The van der Waals surface area contributed by atoms with Crippen LogP contribution in [-0.2, 0) is 9.53 Å². The Morgan fingerprint density at radius 3 is 2.71 bits per heavy atom. The molecular formula is C11H11FN2O3. The van der Waals surface area contributed by atoms with Gasteiger partial charge in [0.05, 0.1) is 12.8 Å². The lowest BCUT2D eigenvalue weighted by atomic mass is 10.3. The van der Waals surface area contributed by atoms with Crippen LogP contribution < -0.4 is 0 Å². The number of aliphatic hydroxyl groups is 1. The van der Waals surface area contributed by atoms with E-state index >= 15 is 0 Å². The van der Waals surface area contributed by atoms with Gasteiger partial charge in [-0.15, -0.1) is 5.11 Å². The summed E-state index contributed by atoms with van der Waals surface area (Å²) >= 11 is 0. The number of benzene rings is 1. The van der Waals surface area contributed by atoms with E-state index in [1.165, 1.54) is 25.1 Å². The van der Waals surface area contributed by atoms with Crippen molar-refractivity contribution in [2.24, 2.45) is 10.2 Å². The van der Waals surface area contributed by atoms with Crippen molar-refractivity contribution in [1.82, 2.24) is 0 Å². The fourth-order valence-electron chi connectivity index (χ4n) is 1.00. The summed E-state index contributed by atoms with van der Waals surface area (Å²) in [6.07, 6.45) is 0. The number of halogens is 1. The third-order valence-corrected chi connectivity index (χ3v) is 1.80. The molecule has 0 aromatic heterocycles. The van der Waals surface area contributed by atoms with Gasteiger partial charge in [-0.3, -0.25) is 0 Å². The highest BCUT2D eigenvalue weighted by molar-refractivity contribution is 5.88. The fourth-order valence-corrected chi connectivity index (χ4v) is 1.00. The lowest BCUT2D eigenvalue weighted by Crippen LogP contribution is -2.04. The van der Waals surface area contributed by atoms with Gasteiger partial charge in [0.1, 0.15) is 11.6 Å². The molecule has 6 heteroatoms. The third-order valence-electron chi connectivity index (χ3n) is 1.80. The van der Waals surface area contributed by atoms with Crippen molar-refractivity contribution in [3.8, 4) is 0 Å². The third kappa shape index (κ3) is 3.67. The predicted molar refractivity (Wildman–Crippen MR) is 58.3 cm³/mol. The Hall–Kier alpha value is -2.24. The second-order valence-corrected chi connectivity index (χ2v) is 3.11. The molecule has 17 heavy (non-hydrogen) atoms. The Morgan fingerprint density at radius 1 is 1.47 bits per heavy atom. The van der Waals surface area contributed by atoms with Crippen molar-refractivity contribution >= 4 is 11.7 Å². The molecule has 5 nitrogen and oxygen atoms in total. The molecule has 0 spiro atoms. The van der Waals surface area contributed by atoms with Gasteiger partial charge in [0.15, 0.2) is 0 Å². The average Bonchev–Trinajstić information content (AvgIpc) is 2.28. The SMILES string of the molecule is COC(=O)/C(N=Nc1cccc(F)c1)=C(\C)O. The van der Waals surface area contributed by atoms with E-state index in [-0.39, 0.29) is 17.1 Å². The molecular weight excluding hydrogens is 227 g/mol. The Bertz CT molecular complexity index is 479. The van der Waals surface area contributed by atoms with Crippen LogP contribution in [0.15, 0.2) is 46.0 Å². The molecule has 0 aliphatic carbocycles. The highest BCUT2D eigenvalue weighted by Gasteiger charge is 2.12. The lowest BCUT2D eigenvalue weighted by Gasteiger charge is -1.99. The van der Waals surface area contributed by atoms with Crippen molar-refractivity contribution in [2.45, 2.75) is 6.92 Å². The van der Waals surface area contributed by atoms with Gasteiger partial charge in [-0.05, 0) is 19.1 Å². The molecule has 0 saturated heterocycles. The smallest absolute Gasteiger partial charge is 0.362 e. The summed E-state index contributed by atoms with van der Waals surface area (Å²) < 4.78 is 17.2. The molecule has 0 aliphatic rings. The van der Waals surface area contributed by atoms with E-state index in [2.05, 4.69) is 15.0 Å². The molecule has 1 N–H and O–H groups in total. The number of azo groups is 1. The molecule has 0 unspecified atom stereocenters. The number of allylic oxidation sites excluding steroid dienone is 1. The monoisotopic (exact) mass is 238 g/mol. The average molecular weight is 238 g/mol. The Morgan fingerprint density at radius 2 is 2.18 bits per heavy atom. The molecule has 0 bridgehead atoms. The highest BCUT2D eigenvalue weighted by atomic mass is 19.1. The van der Waals surface area contributed by atoms with Gasteiger partial charge >= 0.3 is 5.97 Å². The number of hydrogen-bond donors (Lipinski definition) is 1. The van der Waals surface area contributed by atoms with Gasteiger partial charge in [0.2, 0.25) is 5.70 Å². The van der Waals surface area contributed by atoms with Crippen LogP contribution in [0.25, 0.3) is 0 Å². The topological polar surface area (TPSA) is 71.2 Å². The first-order chi connectivity index (χ1) is 8.04. The normalized spacial score (nSPS) is 12.4. The minimum atomic E-state index is -0.815. The molecule has 1 rings (SSSR count). The number of ether oxygens (including phenoxy) is 1. The van der Waals surface area contributed by atoms with Crippen LogP contribution in [0.2, 0.25) is 0 Å². The number of carbonyl (C=O) groups excluding carboxylic acids is 1. The van der Waals surface area contributed by atoms with E-state index in [1.54, 1.807) is 0 Å². The summed E-state index contributed by atoms with van der Waals surface area (Å²) in [5, 5.41) is 16.3. The number of carbonyl (C=O) groups is 1. The number of methoxy groups -OCH3 is 1. The minimum Gasteiger partial charge on any atom is -0.510 e. The van der Waals surface area contributed by atoms with Gasteiger partial charge < -0.3 is 9.84 Å². The number of esters is 1. The molecule has 90 valence electrons. The van der Waals surface area contributed by atoms with Crippen molar-refractivity contribution in [2.75, 3.05) is 7.11 Å². The van der Waals surface area contributed by atoms with Gasteiger partial charge in [-0.2, -0.15) is 5.11 Å². The van der Waals surface area contributed by atoms with E-state index in [9.17, 15) is 14.3 Å². The standard InChI is InChI=1S/C11H11FN2O3/c1-7(15)10(11(16)17-2)14-13-9-5-3-4-8(12)6-9/h3-6,15H,1-2H3/b10-7-,14-13?. The fraction of sp³-hybridized carbons (Fsp3) is 0.182. The van der Waals surface area contributed by atoms with Crippen LogP contribution in [0.3, 0.4) is 0 Å². The summed E-state index contributed by atoms with van der Waals surface area (Å²) in [6.45, 7) is 1.27. The van der Waals surface area contributed by atoms with Crippen molar-refractivity contribution in [3.05, 3.63) is 41.5 Å². The van der Waals surface area contributed by atoms with Crippen LogP contribution in [0.5, 0.6) is 0 Å². The molecule has 0 fully saturated rings. The van der Waals surface area contributed by atoms with Crippen LogP contribution in [0, 0.1) is 5.82 Å². The van der Waals surface area contributed by atoms with Gasteiger partial charge in [-0.25, -0.2) is 9.18 Å². The zero-order valence-corrected chi connectivity index (χ0v) is 9.35. The van der Waals surface area contributed by atoms with Crippen molar-refractivity contribution in [1.29, 1.82) is 0 Å². The zero-order valence-electron chi connectivity index (χ0n) is 9.35. The zero-order chi connectivity index (χ0) is 12.8. The number of rotatable bonds is 3. The highest BCUT2D eigenvalue weighted by Crippen LogP contribution is 2.16. The van der Waals surface area contributed by atoms with Gasteiger partial charge in [-0.1, -0.05) is 6.07 Å². The van der Waals surface area contributed by atoms with Crippen LogP contribution >= 0.6 is 0 Å². The Balaban J connectivity index is 2.96. The largest absolute Gasteiger partial charge is 0.510 e. The lowest BCUT2D eigenvalue weighted by molar-refractivity contribution is -0.136. The van der Waals surface area contributed by atoms with E-state index < -0.39 is 11.8 Å². The summed E-state index contributed by atoms with van der Waals surface area (Å²) in [6, 6.07) is 5.36. The first-order valence-electron chi connectivity index (χ1n) is 4.70. The van der Waals surface area contributed by atoms with E-state index in [0.717, 1.165) is 13.2 Å². The van der Waals surface area contributed by atoms with Crippen molar-refractivity contribution < 1.29 is 19.0 Å². The maximum absolute atomic E-state index is 12.8. The van der Waals surface area contributed by atoms with Crippen molar-refractivity contribution in [3.63, 3.8) is 0 Å². The number of aliphatic hydroxyl groups excluding tert-OH is 1. The first kappa shape index (κ1) is 12.8. The summed E-state index contributed by atoms with van der Waals surface area (Å²) in [7, 11) is 1.16. The maximum atomic E-state index is 12.8. The molecule has 0 amide bonds. The summed E-state index contributed by atoms with van der Waals surface area (Å²) in [5.41, 5.74) is -0.0931. The molecule has 0 aliphatic heterocycles. The molecule has 1 aromatic carbocycles. The Kier molecular flexibility index (Phi) is 4.33. The quantitative estimate of drug-likeness (QED) is 0.381. The predicted octanol–water partition coefficient (Wildman–Crippen LogP) is 2.87. The minimum absolute atomic E-state index is 0.229. The number of hydrogen-bond acceptors (Lipinski definition) is 5. The first-order valence-corrected chi connectivity index (χ1v) is 4.70. The molecule has 0 radical (unpaired) electrons. The second kappa shape index (κ2) is 5.74. The van der Waals surface area contributed by atoms with Gasteiger partial charge in [0.25, 0.3) is 0 Å². The van der Waals surface area contributed by atoms with Crippen LogP contribution in [0.1, 0.15) is 6.92 Å². The van der Waals surface area contributed by atoms with E-state index in [1.807, 2.05) is 0 Å².